The molecule has 7 aromatic carbocycles. The second kappa shape index (κ2) is 12.8. The Labute approximate surface area is 292 Å². The van der Waals surface area contributed by atoms with Crippen molar-refractivity contribution in [1.29, 1.82) is 0 Å². The predicted octanol–water partition coefficient (Wildman–Crippen LogP) is 12.8. The van der Waals surface area contributed by atoms with Gasteiger partial charge in [-0.1, -0.05) is 182 Å². The molecule has 0 bridgehead atoms. The zero-order valence-electron chi connectivity index (χ0n) is 27.4. The average molecular weight is 637 g/mol. The Morgan fingerprint density at radius 2 is 0.520 bits per heavy atom. The fourth-order valence-electron chi connectivity index (χ4n) is 6.91. The van der Waals surface area contributed by atoms with Crippen LogP contribution in [-0.2, 0) is 0 Å². The Kier molecular flexibility index (Phi) is 7.53. The summed E-state index contributed by atoms with van der Waals surface area (Å²) >= 11 is 0. The zero-order chi connectivity index (χ0) is 33.3. The SMILES string of the molecule is c1ccc(-c2ccc(-c3cc(-c4ccccc4)c4ccc5c(-c6ccccc6)cc(-c6ccc(-c7ccccc7)cc6)nc5c4n3)cc2)cc1. The first-order valence-corrected chi connectivity index (χ1v) is 17.0. The Morgan fingerprint density at radius 3 is 0.860 bits per heavy atom. The highest BCUT2D eigenvalue weighted by Gasteiger charge is 2.17. The van der Waals surface area contributed by atoms with Crippen molar-refractivity contribution < 1.29 is 0 Å². The van der Waals surface area contributed by atoms with Gasteiger partial charge in [0, 0.05) is 21.9 Å². The summed E-state index contributed by atoms with van der Waals surface area (Å²) < 4.78 is 0. The minimum Gasteiger partial charge on any atom is -0.245 e. The molecule has 9 aromatic rings. The maximum absolute atomic E-state index is 5.42. The van der Waals surface area contributed by atoms with E-state index in [2.05, 4.69) is 194 Å². The van der Waals surface area contributed by atoms with Crippen LogP contribution in [0.15, 0.2) is 194 Å². The van der Waals surface area contributed by atoms with Crippen molar-refractivity contribution in [1.82, 2.24) is 9.97 Å². The van der Waals surface area contributed by atoms with Crippen molar-refractivity contribution >= 4 is 21.8 Å². The van der Waals surface area contributed by atoms with Crippen LogP contribution in [0, 0.1) is 0 Å². The lowest BCUT2D eigenvalue weighted by molar-refractivity contribution is 1.36. The molecule has 0 saturated heterocycles. The van der Waals surface area contributed by atoms with Gasteiger partial charge in [-0.3, -0.25) is 0 Å². The lowest BCUT2D eigenvalue weighted by Crippen LogP contribution is -1.95. The van der Waals surface area contributed by atoms with Gasteiger partial charge < -0.3 is 0 Å². The largest absolute Gasteiger partial charge is 0.245 e. The lowest BCUT2D eigenvalue weighted by Gasteiger charge is -2.16. The van der Waals surface area contributed by atoms with Gasteiger partial charge in [0.2, 0.25) is 0 Å². The van der Waals surface area contributed by atoms with Gasteiger partial charge in [-0.2, -0.15) is 0 Å². The van der Waals surface area contributed by atoms with Gasteiger partial charge in [-0.15, -0.1) is 0 Å². The highest BCUT2D eigenvalue weighted by Crippen LogP contribution is 2.40. The molecule has 0 aliphatic heterocycles. The molecule has 2 aromatic heterocycles. The smallest absolute Gasteiger partial charge is 0.0978 e. The Balaban J connectivity index is 1.28. The molecule has 2 nitrogen and oxygen atoms in total. The normalized spacial score (nSPS) is 11.2. The summed E-state index contributed by atoms with van der Waals surface area (Å²) in [4.78, 5) is 10.8. The first-order chi connectivity index (χ1) is 24.8. The molecule has 0 N–H and O–H groups in total. The van der Waals surface area contributed by atoms with Crippen molar-refractivity contribution in [2.45, 2.75) is 0 Å². The molecule has 0 fully saturated rings. The molecule has 0 saturated carbocycles. The third-order valence-electron chi connectivity index (χ3n) is 9.50. The van der Waals surface area contributed by atoms with Gasteiger partial charge in [0.15, 0.2) is 0 Å². The van der Waals surface area contributed by atoms with Gasteiger partial charge in [0.1, 0.15) is 0 Å². The summed E-state index contributed by atoms with van der Waals surface area (Å²) in [6.07, 6.45) is 0. The van der Waals surface area contributed by atoms with E-state index in [0.29, 0.717) is 0 Å². The van der Waals surface area contributed by atoms with E-state index in [1.807, 2.05) is 0 Å². The van der Waals surface area contributed by atoms with Crippen LogP contribution in [0.25, 0.3) is 88.8 Å². The molecular weight excluding hydrogens is 605 g/mol. The van der Waals surface area contributed by atoms with Gasteiger partial charge >= 0.3 is 0 Å². The molecule has 0 atom stereocenters. The molecule has 9 rings (SSSR count). The van der Waals surface area contributed by atoms with Crippen molar-refractivity contribution in [3.63, 3.8) is 0 Å². The molecule has 0 spiro atoms. The van der Waals surface area contributed by atoms with Crippen LogP contribution >= 0.6 is 0 Å². The summed E-state index contributed by atoms with van der Waals surface area (Å²) in [5.41, 5.74) is 15.1. The van der Waals surface area contributed by atoms with Crippen molar-refractivity contribution in [3.8, 4) is 67.0 Å². The standard InChI is InChI=1S/C48H32N2/c1-5-13-33(14-6-1)35-21-25-39(26-22-35)45-31-43(37-17-9-3-10-18-37)41-29-30-42-44(38-19-11-4-12-20-38)32-46(50-48(42)47(41)49-45)40-27-23-36(24-28-40)34-15-7-2-8-16-34/h1-32H. The monoisotopic (exact) mass is 636 g/mol. The molecule has 0 aliphatic carbocycles. The van der Waals surface area contributed by atoms with E-state index < -0.39 is 0 Å². The number of rotatable bonds is 6. The maximum Gasteiger partial charge on any atom is 0.0978 e. The molecular formula is C48H32N2. The second-order valence-corrected chi connectivity index (χ2v) is 12.6. The summed E-state index contributed by atoms with van der Waals surface area (Å²) in [7, 11) is 0. The minimum atomic E-state index is 0.894. The third-order valence-corrected chi connectivity index (χ3v) is 9.50. The first-order valence-electron chi connectivity index (χ1n) is 17.0. The van der Waals surface area contributed by atoms with Crippen molar-refractivity contribution in [2.24, 2.45) is 0 Å². The summed E-state index contributed by atoms with van der Waals surface area (Å²) in [6, 6.07) is 68.6. The topological polar surface area (TPSA) is 25.8 Å². The number of hydrogen-bond donors (Lipinski definition) is 0. The Bertz CT molecular complexity index is 2390. The molecule has 0 unspecified atom stereocenters. The fourth-order valence-corrected chi connectivity index (χ4v) is 6.91. The molecule has 0 amide bonds. The number of pyridine rings is 2. The average Bonchev–Trinajstić information content (AvgIpc) is 3.21. The predicted molar refractivity (Wildman–Crippen MR) is 210 cm³/mol. The number of benzene rings is 7. The Morgan fingerprint density at radius 1 is 0.240 bits per heavy atom. The molecule has 0 radical (unpaired) electrons. The van der Waals surface area contributed by atoms with Gasteiger partial charge in [0.05, 0.1) is 22.4 Å². The van der Waals surface area contributed by atoms with Crippen LogP contribution in [0.5, 0.6) is 0 Å². The van der Waals surface area contributed by atoms with E-state index in [0.717, 1.165) is 66.6 Å². The van der Waals surface area contributed by atoms with Crippen LogP contribution in [0.2, 0.25) is 0 Å². The van der Waals surface area contributed by atoms with Gasteiger partial charge in [0.25, 0.3) is 0 Å². The van der Waals surface area contributed by atoms with E-state index >= 15 is 0 Å². The number of aromatic nitrogens is 2. The van der Waals surface area contributed by atoms with E-state index in [1.165, 1.54) is 22.3 Å². The molecule has 2 heterocycles. The van der Waals surface area contributed by atoms with Crippen LogP contribution in [0.3, 0.4) is 0 Å². The van der Waals surface area contributed by atoms with E-state index in [9.17, 15) is 0 Å². The molecule has 234 valence electrons. The van der Waals surface area contributed by atoms with Crippen LogP contribution in [-0.4, -0.2) is 9.97 Å². The summed E-state index contributed by atoms with van der Waals surface area (Å²) in [5, 5.41) is 2.16. The highest BCUT2D eigenvalue weighted by molar-refractivity contribution is 6.13. The van der Waals surface area contributed by atoms with Crippen LogP contribution in [0.1, 0.15) is 0 Å². The zero-order valence-corrected chi connectivity index (χ0v) is 27.4. The molecule has 2 heteroatoms. The van der Waals surface area contributed by atoms with E-state index in [-0.39, 0.29) is 0 Å². The third kappa shape index (κ3) is 5.53. The highest BCUT2D eigenvalue weighted by atomic mass is 14.8. The lowest BCUT2D eigenvalue weighted by atomic mass is 9.93. The van der Waals surface area contributed by atoms with Gasteiger partial charge in [-0.25, -0.2) is 9.97 Å². The van der Waals surface area contributed by atoms with Crippen LogP contribution in [0.4, 0.5) is 0 Å². The summed E-state index contributed by atoms with van der Waals surface area (Å²) in [6.45, 7) is 0. The number of hydrogen-bond acceptors (Lipinski definition) is 2. The van der Waals surface area contributed by atoms with Crippen LogP contribution < -0.4 is 0 Å². The van der Waals surface area contributed by atoms with E-state index in [1.54, 1.807) is 0 Å². The van der Waals surface area contributed by atoms with Crippen molar-refractivity contribution in [2.75, 3.05) is 0 Å². The van der Waals surface area contributed by atoms with Gasteiger partial charge in [-0.05, 0) is 56.6 Å². The second-order valence-electron chi connectivity index (χ2n) is 12.6. The number of nitrogens with zero attached hydrogens (tertiary/aromatic N) is 2. The first kappa shape index (κ1) is 29.5. The maximum atomic E-state index is 5.42. The quantitative estimate of drug-likeness (QED) is 0.170. The number of fused-ring (bicyclic) bond motifs is 3. The summed E-state index contributed by atoms with van der Waals surface area (Å²) in [5.74, 6) is 0. The molecule has 50 heavy (non-hydrogen) atoms. The fraction of sp³-hybridized carbons (Fsp3) is 0. The van der Waals surface area contributed by atoms with Crippen molar-refractivity contribution in [3.05, 3.63) is 194 Å². The minimum absolute atomic E-state index is 0.894. The molecule has 0 aliphatic rings. The van der Waals surface area contributed by atoms with E-state index in [4.69, 9.17) is 9.97 Å². The Hall–Kier alpha value is -6.64.